The average Bonchev–Trinajstić information content (AvgIpc) is 2.30. The van der Waals surface area contributed by atoms with Crippen molar-refractivity contribution in [3.05, 3.63) is 0 Å². The summed E-state index contributed by atoms with van der Waals surface area (Å²) in [6, 6.07) is 0. The van der Waals surface area contributed by atoms with E-state index in [9.17, 15) is 0 Å². The van der Waals surface area contributed by atoms with Crippen LogP contribution >= 0.6 is 0 Å². The highest BCUT2D eigenvalue weighted by atomic mass is 14.7. The Bertz CT molecular complexity index is 217. The molecular weight excluding hydrogens is 196 g/mol. The van der Waals surface area contributed by atoms with Crippen LogP contribution in [0.2, 0.25) is 0 Å². The van der Waals surface area contributed by atoms with Crippen LogP contribution in [0.25, 0.3) is 0 Å². The summed E-state index contributed by atoms with van der Waals surface area (Å²) in [6.45, 7) is 7.48. The maximum Gasteiger partial charge on any atom is 0.0388 e. The van der Waals surface area contributed by atoms with E-state index < -0.39 is 0 Å². The maximum absolute atomic E-state index is 4.59. The SMILES string of the molecule is CCCCCCC/N=C(\C)CC/C(C)=N/C. The molecule has 0 fully saturated rings. The van der Waals surface area contributed by atoms with Gasteiger partial charge in [-0.1, -0.05) is 32.6 Å². The summed E-state index contributed by atoms with van der Waals surface area (Å²) >= 11 is 0. The number of nitrogens with zero attached hydrogens (tertiary/aromatic N) is 2. The van der Waals surface area contributed by atoms with Crippen LogP contribution in [0.4, 0.5) is 0 Å². The average molecular weight is 224 g/mol. The predicted octanol–water partition coefficient (Wildman–Crippen LogP) is 4.29. The molecule has 0 heterocycles. The van der Waals surface area contributed by atoms with Gasteiger partial charge in [0.05, 0.1) is 0 Å². The molecule has 94 valence electrons. The van der Waals surface area contributed by atoms with Gasteiger partial charge in [0.1, 0.15) is 0 Å². The van der Waals surface area contributed by atoms with Crippen LogP contribution in [0.5, 0.6) is 0 Å². The van der Waals surface area contributed by atoms with Crippen LogP contribution in [0.1, 0.15) is 65.7 Å². The van der Waals surface area contributed by atoms with Gasteiger partial charge in [0.2, 0.25) is 0 Å². The molecule has 0 aliphatic heterocycles. The smallest absolute Gasteiger partial charge is 0.0388 e. The van der Waals surface area contributed by atoms with Crippen LogP contribution in [0, 0.1) is 0 Å². The van der Waals surface area contributed by atoms with Gasteiger partial charge in [0, 0.05) is 25.0 Å². The molecule has 0 aliphatic carbocycles. The normalized spacial score (nSPS) is 13.2. The lowest BCUT2D eigenvalue weighted by Gasteiger charge is -2.01. The van der Waals surface area contributed by atoms with E-state index in [1.165, 1.54) is 43.5 Å². The molecular formula is C14H28N2. The fraction of sp³-hybridized carbons (Fsp3) is 0.857. The van der Waals surface area contributed by atoms with Crippen molar-refractivity contribution in [2.75, 3.05) is 13.6 Å². The van der Waals surface area contributed by atoms with Gasteiger partial charge in [-0.3, -0.25) is 9.98 Å². The summed E-state index contributed by atoms with van der Waals surface area (Å²) in [5, 5.41) is 0. The van der Waals surface area contributed by atoms with Crippen molar-refractivity contribution in [2.45, 2.75) is 65.7 Å². The van der Waals surface area contributed by atoms with Gasteiger partial charge in [0.25, 0.3) is 0 Å². The highest BCUT2D eigenvalue weighted by Crippen LogP contribution is 2.03. The second kappa shape index (κ2) is 10.8. The first-order valence-electron chi connectivity index (χ1n) is 6.62. The van der Waals surface area contributed by atoms with Crippen LogP contribution in [-0.2, 0) is 0 Å². The highest BCUT2D eigenvalue weighted by molar-refractivity contribution is 5.89. The Morgan fingerprint density at radius 2 is 1.50 bits per heavy atom. The van der Waals surface area contributed by atoms with E-state index in [1.54, 1.807) is 0 Å². The van der Waals surface area contributed by atoms with E-state index in [2.05, 4.69) is 30.8 Å². The van der Waals surface area contributed by atoms with E-state index in [0.29, 0.717) is 0 Å². The van der Waals surface area contributed by atoms with Gasteiger partial charge in [-0.25, -0.2) is 0 Å². The Kier molecular flexibility index (Phi) is 10.4. The lowest BCUT2D eigenvalue weighted by molar-refractivity contribution is 0.638. The number of unbranched alkanes of at least 4 members (excludes halogenated alkanes) is 4. The molecule has 16 heavy (non-hydrogen) atoms. The van der Waals surface area contributed by atoms with Crippen molar-refractivity contribution in [3.63, 3.8) is 0 Å². The summed E-state index contributed by atoms with van der Waals surface area (Å²) in [5.41, 5.74) is 2.50. The number of hydrogen-bond acceptors (Lipinski definition) is 2. The topological polar surface area (TPSA) is 24.7 Å². The van der Waals surface area contributed by atoms with E-state index in [-0.39, 0.29) is 0 Å². The van der Waals surface area contributed by atoms with Crippen molar-refractivity contribution < 1.29 is 0 Å². The molecule has 0 saturated carbocycles. The van der Waals surface area contributed by atoms with E-state index in [0.717, 1.165) is 19.4 Å². The van der Waals surface area contributed by atoms with E-state index >= 15 is 0 Å². The third-order valence-corrected chi connectivity index (χ3v) is 2.87. The molecule has 0 radical (unpaired) electrons. The van der Waals surface area contributed by atoms with Crippen molar-refractivity contribution in [3.8, 4) is 0 Å². The number of aliphatic imine (C=N–C) groups is 2. The first-order chi connectivity index (χ1) is 7.70. The molecule has 0 bridgehead atoms. The summed E-state index contributed by atoms with van der Waals surface area (Å²) in [5.74, 6) is 0. The second-order valence-corrected chi connectivity index (χ2v) is 4.49. The zero-order valence-corrected chi connectivity index (χ0v) is 11.6. The third-order valence-electron chi connectivity index (χ3n) is 2.87. The molecule has 0 rings (SSSR count). The summed E-state index contributed by atoms with van der Waals surface area (Å²) in [7, 11) is 1.86. The fourth-order valence-electron chi connectivity index (χ4n) is 1.54. The largest absolute Gasteiger partial charge is 0.298 e. The van der Waals surface area contributed by atoms with E-state index in [4.69, 9.17) is 0 Å². The molecule has 0 amide bonds. The van der Waals surface area contributed by atoms with Crippen molar-refractivity contribution in [2.24, 2.45) is 9.98 Å². The van der Waals surface area contributed by atoms with Crippen LogP contribution in [0.15, 0.2) is 9.98 Å². The van der Waals surface area contributed by atoms with Crippen molar-refractivity contribution in [1.82, 2.24) is 0 Å². The van der Waals surface area contributed by atoms with Crippen LogP contribution < -0.4 is 0 Å². The molecule has 0 aliphatic rings. The number of rotatable bonds is 9. The van der Waals surface area contributed by atoms with Crippen molar-refractivity contribution in [1.29, 1.82) is 0 Å². The Hall–Kier alpha value is -0.660. The lowest BCUT2D eigenvalue weighted by atomic mass is 10.1. The van der Waals surface area contributed by atoms with Crippen LogP contribution in [0.3, 0.4) is 0 Å². The van der Waals surface area contributed by atoms with Gasteiger partial charge in [-0.2, -0.15) is 0 Å². The Morgan fingerprint density at radius 3 is 2.12 bits per heavy atom. The molecule has 0 aromatic carbocycles. The third kappa shape index (κ3) is 9.88. The monoisotopic (exact) mass is 224 g/mol. The maximum atomic E-state index is 4.59. The Balaban J connectivity index is 3.48. The lowest BCUT2D eigenvalue weighted by Crippen LogP contribution is -1.99. The second-order valence-electron chi connectivity index (χ2n) is 4.49. The zero-order valence-electron chi connectivity index (χ0n) is 11.6. The molecule has 2 heteroatoms. The molecule has 0 unspecified atom stereocenters. The Morgan fingerprint density at radius 1 is 0.875 bits per heavy atom. The fourth-order valence-corrected chi connectivity index (χ4v) is 1.54. The van der Waals surface area contributed by atoms with Gasteiger partial charge in [-0.15, -0.1) is 0 Å². The van der Waals surface area contributed by atoms with Gasteiger partial charge >= 0.3 is 0 Å². The summed E-state index contributed by atoms with van der Waals surface area (Å²) in [6.07, 6.45) is 8.76. The molecule has 0 N–H and O–H groups in total. The minimum Gasteiger partial charge on any atom is -0.298 e. The van der Waals surface area contributed by atoms with Gasteiger partial charge in [0.15, 0.2) is 0 Å². The quantitative estimate of drug-likeness (QED) is 0.412. The molecule has 0 saturated heterocycles. The molecule has 2 nitrogen and oxygen atoms in total. The molecule has 0 spiro atoms. The standard InChI is InChI=1S/C14H28N2/c1-5-6-7-8-9-12-16-14(3)11-10-13(2)15-4/h5-12H2,1-4H3/b15-13+,16-14+. The highest BCUT2D eigenvalue weighted by Gasteiger charge is 1.94. The predicted molar refractivity (Wildman–Crippen MR) is 75.0 cm³/mol. The minimum absolute atomic E-state index is 1.01. The summed E-state index contributed by atoms with van der Waals surface area (Å²) in [4.78, 5) is 8.74. The van der Waals surface area contributed by atoms with E-state index in [1.807, 2.05) is 7.05 Å². The first kappa shape index (κ1) is 15.3. The minimum atomic E-state index is 1.01. The van der Waals surface area contributed by atoms with Gasteiger partial charge in [-0.05, 0) is 33.1 Å². The Labute approximate surface area is 101 Å². The molecule has 0 aromatic rings. The van der Waals surface area contributed by atoms with Crippen molar-refractivity contribution >= 4 is 11.4 Å². The van der Waals surface area contributed by atoms with Gasteiger partial charge < -0.3 is 0 Å². The van der Waals surface area contributed by atoms with Crippen LogP contribution in [-0.4, -0.2) is 25.0 Å². The molecule has 0 atom stereocenters. The first-order valence-corrected chi connectivity index (χ1v) is 6.62. The molecule has 0 aromatic heterocycles. The number of hydrogen-bond donors (Lipinski definition) is 0. The zero-order chi connectivity index (χ0) is 12.2. The summed E-state index contributed by atoms with van der Waals surface area (Å²) < 4.78 is 0.